The van der Waals surface area contributed by atoms with E-state index >= 15 is 0 Å². The molecule has 116 valence electrons. The van der Waals surface area contributed by atoms with Crippen LogP contribution in [0.2, 0.25) is 0 Å². The summed E-state index contributed by atoms with van der Waals surface area (Å²) in [5.41, 5.74) is -0.0978. The van der Waals surface area contributed by atoms with Gasteiger partial charge in [0, 0.05) is 17.0 Å². The lowest BCUT2D eigenvalue weighted by molar-refractivity contribution is 0.0426. The van der Waals surface area contributed by atoms with E-state index in [1.807, 2.05) is 0 Å². The highest BCUT2D eigenvalue weighted by Gasteiger charge is 2.23. The minimum absolute atomic E-state index is 0.0973. The smallest absolute Gasteiger partial charge is 0.339 e. The zero-order valence-corrected chi connectivity index (χ0v) is 13.2. The molecule has 1 heterocycles. The van der Waals surface area contributed by atoms with Gasteiger partial charge in [-0.05, 0) is 34.5 Å². The van der Waals surface area contributed by atoms with E-state index in [-0.39, 0.29) is 22.6 Å². The number of carbonyl (C=O) groups is 1. The number of nitrogens with two attached hydrogens (primary N) is 1. The van der Waals surface area contributed by atoms with Crippen molar-refractivity contribution in [2.45, 2.75) is 11.3 Å². The van der Waals surface area contributed by atoms with Crippen LogP contribution in [0.5, 0.6) is 0 Å². The predicted octanol–water partition coefficient (Wildman–Crippen LogP) is 1.43. The second-order valence-electron chi connectivity index (χ2n) is 4.64. The number of halogens is 2. The Labute approximate surface area is 129 Å². The molecule has 6 nitrogen and oxygen atoms in total. The average Bonchev–Trinajstić information content (AvgIpc) is 2.87. The van der Waals surface area contributed by atoms with Crippen molar-refractivity contribution in [3.05, 3.63) is 28.0 Å². The SMILES string of the molecule is NS(=O)(=O)c1cc(C(=O)OCC2CCOC2)c(Br)cc1F. The van der Waals surface area contributed by atoms with E-state index in [4.69, 9.17) is 14.6 Å². The number of esters is 1. The third-order valence-electron chi connectivity index (χ3n) is 3.02. The lowest BCUT2D eigenvalue weighted by Crippen LogP contribution is -2.18. The highest BCUT2D eigenvalue weighted by Crippen LogP contribution is 2.25. The molecule has 21 heavy (non-hydrogen) atoms. The van der Waals surface area contributed by atoms with Gasteiger partial charge in [0.25, 0.3) is 0 Å². The second kappa shape index (κ2) is 6.39. The summed E-state index contributed by atoms with van der Waals surface area (Å²) >= 11 is 3.00. The number of ether oxygens (including phenoxy) is 2. The number of hydrogen-bond acceptors (Lipinski definition) is 5. The molecule has 0 aliphatic carbocycles. The Bertz CT molecular complexity index is 658. The average molecular weight is 382 g/mol. The summed E-state index contributed by atoms with van der Waals surface area (Å²) in [6.07, 6.45) is 0.792. The van der Waals surface area contributed by atoms with Crippen molar-refractivity contribution in [1.29, 1.82) is 0 Å². The fraction of sp³-hybridized carbons (Fsp3) is 0.417. The summed E-state index contributed by atoms with van der Waals surface area (Å²) in [7, 11) is -4.26. The fourth-order valence-electron chi connectivity index (χ4n) is 1.89. The Morgan fingerprint density at radius 2 is 2.24 bits per heavy atom. The summed E-state index contributed by atoms with van der Waals surface area (Å²) in [4.78, 5) is 11.2. The van der Waals surface area contributed by atoms with Crippen molar-refractivity contribution in [1.82, 2.24) is 0 Å². The number of sulfonamides is 1. The van der Waals surface area contributed by atoms with Gasteiger partial charge >= 0.3 is 5.97 Å². The van der Waals surface area contributed by atoms with Crippen molar-refractivity contribution in [3.8, 4) is 0 Å². The minimum Gasteiger partial charge on any atom is -0.462 e. The van der Waals surface area contributed by atoms with Gasteiger partial charge in [-0.25, -0.2) is 22.7 Å². The number of hydrogen-bond donors (Lipinski definition) is 1. The van der Waals surface area contributed by atoms with E-state index in [9.17, 15) is 17.6 Å². The summed E-state index contributed by atoms with van der Waals surface area (Å²) in [5, 5.41) is 4.90. The molecule has 0 saturated carbocycles. The lowest BCUT2D eigenvalue weighted by Gasteiger charge is -2.11. The summed E-state index contributed by atoms with van der Waals surface area (Å²) in [6.45, 7) is 1.30. The summed E-state index contributed by atoms with van der Waals surface area (Å²) < 4.78 is 46.4. The number of rotatable bonds is 4. The maximum Gasteiger partial charge on any atom is 0.339 e. The van der Waals surface area contributed by atoms with Gasteiger partial charge < -0.3 is 9.47 Å². The van der Waals surface area contributed by atoms with Crippen LogP contribution in [0, 0.1) is 11.7 Å². The van der Waals surface area contributed by atoms with Crippen LogP contribution in [-0.2, 0) is 19.5 Å². The molecule has 1 aliphatic heterocycles. The van der Waals surface area contributed by atoms with E-state index in [2.05, 4.69) is 15.9 Å². The Kier molecular flexibility index (Phi) is 4.97. The van der Waals surface area contributed by atoms with Gasteiger partial charge in [-0.1, -0.05) is 0 Å². The van der Waals surface area contributed by atoms with Gasteiger partial charge in [0.1, 0.15) is 10.7 Å². The third-order valence-corrected chi connectivity index (χ3v) is 4.60. The molecule has 1 fully saturated rings. The number of carbonyl (C=O) groups excluding carboxylic acids is 1. The van der Waals surface area contributed by atoms with Crippen molar-refractivity contribution in [3.63, 3.8) is 0 Å². The van der Waals surface area contributed by atoms with Gasteiger partial charge in [0.05, 0.1) is 18.8 Å². The topological polar surface area (TPSA) is 95.7 Å². The van der Waals surface area contributed by atoms with Crippen LogP contribution in [0.4, 0.5) is 4.39 Å². The molecule has 1 aliphatic rings. The zero-order valence-electron chi connectivity index (χ0n) is 10.8. The molecule has 0 spiro atoms. The second-order valence-corrected chi connectivity index (χ2v) is 7.02. The minimum atomic E-state index is -4.26. The Hall–Kier alpha value is -1.03. The molecule has 1 aromatic rings. The largest absolute Gasteiger partial charge is 0.462 e. The third kappa shape index (κ3) is 4.00. The van der Waals surface area contributed by atoms with Crippen LogP contribution in [0.25, 0.3) is 0 Å². The first-order valence-electron chi connectivity index (χ1n) is 6.05. The molecule has 0 radical (unpaired) electrons. The maximum atomic E-state index is 13.6. The van der Waals surface area contributed by atoms with E-state index in [0.717, 1.165) is 18.6 Å². The van der Waals surface area contributed by atoms with E-state index in [1.54, 1.807) is 0 Å². The first kappa shape index (κ1) is 16.3. The van der Waals surface area contributed by atoms with Crippen molar-refractivity contribution < 1.29 is 27.1 Å². The molecule has 0 bridgehead atoms. The first-order chi connectivity index (χ1) is 9.79. The van der Waals surface area contributed by atoms with Crippen LogP contribution in [-0.4, -0.2) is 34.2 Å². The van der Waals surface area contributed by atoms with E-state index in [1.165, 1.54) is 0 Å². The standard InChI is InChI=1S/C12H13BrFNO5S/c13-9-4-10(14)11(21(15,17)18)3-8(9)12(16)20-6-7-1-2-19-5-7/h3-4,7H,1-2,5-6H2,(H2,15,17,18). The maximum absolute atomic E-state index is 13.6. The molecule has 9 heteroatoms. The highest BCUT2D eigenvalue weighted by molar-refractivity contribution is 9.10. The molecule has 1 saturated heterocycles. The van der Waals surface area contributed by atoms with Crippen LogP contribution in [0.3, 0.4) is 0 Å². The normalized spacial score (nSPS) is 18.7. The molecule has 1 atom stereocenters. The first-order valence-corrected chi connectivity index (χ1v) is 8.39. The molecule has 1 aromatic carbocycles. The molecular formula is C12H13BrFNO5S. The van der Waals surface area contributed by atoms with Crippen LogP contribution >= 0.6 is 15.9 Å². The quantitative estimate of drug-likeness (QED) is 0.795. The Morgan fingerprint density at radius 1 is 1.52 bits per heavy atom. The van der Waals surface area contributed by atoms with Gasteiger partial charge in [0.15, 0.2) is 0 Å². The Balaban J connectivity index is 2.20. The summed E-state index contributed by atoms with van der Waals surface area (Å²) in [5.74, 6) is -1.67. The van der Waals surface area contributed by atoms with Crippen LogP contribution in [0.15, 0.2) is 21.5 Å². The molecular weight excluding hydrogens is 369 g/mol. The van der Waals surface area contributed by atoms with Crippen molar-refractivity contribution >= 4 is 31.9 Å². The van der Waals surface area contributed by atoms with Crippen LogP contribution < -0.4 is 5.14 Å². The van der Waals surface area contributed by atoms with Gasteiger partial charge in [-0.3, -0.25) is 0 Å². The molecule has 2 N–H and O–H groups in total. The van der Waals surface area contributed by atoms with Crippen LogP contribution in [0.1, 0.15) is 16.8 Å². The van der Waals surface area contributed by atoms with E-state index in [0.29, 0.717) is 13.2 Å². The molecule has 1 unspecified atom stereocenters. The van der Waals surface area contributed by atoms with Crippen molar-refractivity contribution in [2.24, 2.45) is 11.1 Å². The lowest BCUT2D eigenvalue weighted by atomic mass is 10.1. The van der Waals surface area contributed by atoms with Crippen molar-refractivity contribution in [2.75, 3.05) is 19.8 Å². The highest BCUT2D eigenvalue weighted by atomic mass is 79.9. The van der Waals surface area contributed by atoms with Gasteiger partial charge in [-0.2, -0.15) is 0 Å². The van der Waals surface area contributed by atoms with Gasteiger partial charge in [0.2, 0.25) is 10.0 Å². The summed E-state index contributed by atoms with van der Waals surface area (Å²) in [6, 6.07) is 1.73. The number of primary sulfonamides is 1. The predicted molar refractivity (Wildman–Crippen MR) is 74.7 cm³/mol. The molecule has 0 aromatic heterocycles. The Morgan fingerprint density at radius 3 is 2.81 bits per heavy atom. The zero-order chi connectivity index (χ0) is 15.6. The molecule has 2 rings (SSSR count). The monoisotopic (exact) mass is 381 g/mol. The van der Waals surface area contributed by atoms with E-state index < -0.39 is 26.7 Å². The fourth-order valence-corrected chi connectivity index (χ4v) is 2.98. The number of benzene rings is 1. The van der Waals surface area contributed by atoms with Gasteiger partial charge in [-0.15, -0.1) is 0 Å². The molecule has 0 amide bonds.